The summed E-state index contributed by atoms with van der Waals surface area (Å²) in [6, 6.07) is 5.95. The Hall–Kier alpha value is -2.93. The largest absolute Gasteiger partial charge is 0.444 e. The van der Waals surface area contributed by atoms with E-state index in [0.29, 0.717) is 16.8 Å². The first-order valence-electron chi connectivity index (χ1n) is 7.98. The highest BCUT2D eigenvalue weighted by Crippen LogP contribution is 2.30. The van der Waals surface area contributed by atoms with Gasteiger partial charge in [0.05, 0.1) is 5.52 Å². The van der Waals surface area contributed by atoms with Crippen molar-refractivity contribution < 1.29 is 9.53 Å². The van der Waals surface area contributed by atoms with E-state index < -0.39 is 11.7 Å². The fourth-order valence-corrected chi connectivity index (χ4v) is 2.58. The molecule has 0 saturated heterocycles. The number of aryl methyl sites for hydroxylation is 2. The van der Waals surface area contributed by atoms with E-state index in [1.165, 1.54) is 0 Å². The van der Waals surface area contributed by atoms with Crippen LogP contribution in [0.5, 0.6) is 0 Å². The Bertz CT molecular complexity index is 918. The number of aromatic nitrogens is 1. The van der Waals surface area contributed by atoms with Crippen LogP contribution in [0.4, 0.5) is 10.5 Å². The molecule has 0 fully saturated rings. The van der Waals surface area contributed by atoms with Gasteiger partial charge in [0.25, 0.3) is 0 Å². The Kier molecular flexibility index (Phi) is 4.80. The molecule has 0 aliphatic rings. The summed E-state index contributed by atoms with van der Waals surface area (Å²) < 4.78 is 7.31. The average Bonchev–Trinajstić information content (AvgIpc) is 2.80. The first kappa shape index (κ1) is 18.4. The van der Waals surface area contributed by atoms with E-state index in [9.17, 15) is 4.79 Å². The summed E-state index contributed by atoms with van der Waals surface area (Å²) in [5.74, 6) is 2.52. The van der Waals surface area contributed by atoms with Crippen molar-refractivity contribution in [3.63, 3.8) is 0 Å². The van der Waals surface area contributed by atoms with Crippen LogP contribution in [0, 0.1) is 19.3 Å². The standard InChI is InChI=1S/C21H24N2O2/c1-9-13(2)15(4)18-11-16-10-14(3)17(12-19(16)23(18)8)22-20(24)25-21(5,6)7/h1,10-12H,2,4H2,3,5-8H3,(H,22,24). The van der Waals surface area contributed by atoms with Crippen molar-refractivity contribution in [3.8, 4) is 12.3 Å². The maximum atomic E-state index is 12.1. The minimum Gasteiger partial charge on any atom is -0.444 e. The molecule has 0 radical (unpaired) electrons. The Morgan fingerprint density at radius 1 is 1.28 bits per heavy atom. The molecule has 0 unspecified atom stereocenters. The van der Waals surface area contributed by atoms with Crippen LogP contribution < -0.4 is 5.32 Å². The van der Waals surface area contributed by atoms with E-state index >= 15 is 0 Å². The van der Waals surface area contributed by atoms with E-state index in [2.05, 4.69) is 24.4 Å². The number of carbonyl (C=O) groups excluding carboxylic acids is 1. The zero-order valence-corrected chi connectivity index (χ0v) is 15.5. The number of allylic oxidation sites excluding steroid dienone is 2. The number of nitrogens with zero attached hydrogens (tertiary/aromatic N) is 1. The minimum atomic E-state index is -0.548. The van der Waals surface area contributed by atoms with Crippen LogP contribution in [0.3, 0.4) is 0 Å². The number of nitrogens with one attached hydrogen (secondary N) is 1. The lowest BCUT2D eigenvalue weighted by Crippen LogP contribution is -2.27. The molecule has 0 spiro atoms. The van der Waals surface area contributed by atoms with Crippen LogP contribution in [0.1, 0.15) is 32.0 Å². The average molecular weight is 336 g/mol. The molecule has 2 rings (SSSR count). The molecule has 25 heavy (non-hydrogen) atoms. The summed E-state index contributed by atoms with van der Waals surface area (Å²) in [5, 5.41) is 3.85. The molecule has 2 aromatic rings. The SMILES string of the molecule is C#CC(=C)C(=C)c1cc2cc(C)c(NC(=O)OC(C)(C)C)cc2n1C. The maximum Gasteiger partial charge on any atom is 0.412 e. The number of hydrogen-bond acceptors (Lipinski definition) is 2. The van der Waals surface area contributed by atoms with Crippen molar-refractivity contribution in [2.24, 2.45) is 7.05 Å². The van der Waals surface area contributed by atoms with Gasteiger partial charge in [0.2, 0.25) is 0 Å². The van der Waals surface area contributed by atoms with Gasteiger partial charge < -0.3 is 9.30 Å². The monoisotopic (exact) mass is 336 g/mol. The second-order valence-corrected chi connectivity index (χ2v) is 7.04. The number of hydrogen-bond donors (Lipinski definition) is 1. The Morgan fingerprint density at radius 3 is 2.48 bits per heavy atom. The summed E-state index contributed by atoms with van der Waals surface area (Å²) >= 11 is 0. The van der Waals surface area contributed by atoms with Crippen LogP contribution in [0.25, 0.3) is 16.5 Å². The highest BCUT2D eigenvalue weighted by Gasteiger charge is 2.18. The second kappa shape index (κ2) is 6.52. The summed E-state index contributed by atoms with van der Waals surface area (Å²) in [5.41, 5.74) is 4.21. The van der Waals surface area contributed by atoms with E-state index in [1.54, 1.807) is 0 Å². The zero-order valence-electron chi connectivity index (χ0n) is 15.5. The lowest BCUT2D eigenvalue weighted by atomic mass is 10.1. The third-order valence-electron chi connectivity index (χ3n) is 3.87. The van der Waals surface area contributed by atoms with Crippen LogP contribution in [0.2, 0.25) is 0 Å². The third-order valence-corrected chi connectivity index (χ3v) is 3.87. The predicted octanol–water partition coefficient (Wildman–Crippen LogP) is 5.04. The highest BCUT2D eigenvalue weighted by atomic mass is 16.6. The number of rotatable bonds is 3. The van der Waals surface area contributed by atoms with Crippen LogP contribution in [0.15, 0.2) is 36.9 Å². The molecule has 0 aliphatic carbocycles. The normalized spacial score (nSPS) is 11.0. The molecule has 1 heterocycles. The Labute approximate surface area is 149 Å². The molecule has 1 amide bonds. The van der Waals surface area contributed by atoms with Crippen molar-refractivity contribution in [1.29, 1.82) is 0 Å². The van der Waals surface area contributed by atoms with E-state index in [1.807, 2.05) is 57.5 Å². The number of amides is 1. The number of ether oxygens (including phenoxy) is 1. The van der Waals surface area contributed by atoms with Gasteiger partial charge in [-0.25, -0.2) is 4.79 Å². The van der Waals surface area contributed by atoms with Gasteiger partial charge in [-0.3, -0.25) is 5.32 Å². The molecular formula is C21H24N2O2. The molecule has 0 bridgehead atoms. The number of carbonyl (C=O) groups is 1. The number of anilines is 1. The molecule has 4 nitrogen and oxygen atoms in total. The fraction of sp³-hybridized carbons (Fsp3) is 0.286. The third kappa shape index (κ3) is 3.95. The lowest BCUT2D eigenvalue weighted by Gasteiger charge is -2.20. The van der Waals surface area contributed by atoms with Gasteiger partial charge in [0.15, 0.2) is 0 Å². The number of fused-ring (bicyclic) bond motifs is 1. The van der Waals surface area contributed by atoms with Crippen molar-refractivity contribution in [1.82, 2.24) is 4.57 Å². The Morgan fingerprint density at radius 2 is 1.92 bits per heavy atom. The molecule has 0 saturated carbocycles. The molecule has 0 aliphatic heterocycles. The lowest BCUT2D eigenvalue weighted by molar-refractivity contribution is 0.0636. The predicted molar refractivity (Wildman–Crippen MR) is 105 cm³/mol. The minimum absolute atomic E-state index is 0.477. The van der Waals surface area contributed by atoms with Crippen molar-refractivity contribution in [2.45, 2.75) is 33.3 Å². The van der Waals surface area contributed by atoms with E-state index in [0.717, 1.165) is 22.2 Å². The quantitative estimate of drug-likeness (QED) is 0.630. The van der Waals surface area contributed by atoms with E-state index in [4.69, 9.17) is 11.2 Å². The second-order valence-electron chi connectivity index (χ2n) is 7.04. The molecule has 1 aromatic heterocycles. The summed E-state index contributed by atoms with van der Waals surface area (Å²) in [4.78, 5) is 12.1. The molecular weight excluding hydrogens is 312 g/mol. The smallest absolute Gasteiger partial charge is 0.412 e. The topological polar surface area (TPSA) is 43.3 Å². The van der Waals surface area contributed by atoms with Crippen molar-refractivity contribution >= 4 is 28.3 Å². The van der Waals surface area contributed by atoms with Crippen LogP contribution in [-0.2, 0) is 11.8 Å². The first-order valence-corrected chi connectivity index (χ1v) is 7.98. The van der Waals surface area contributed by atoms with Gasteiger partial charge in [-0.1, -0.05) is 19.1 Å². The molecule has 1 aromatic carbocycles. The van der Waals surface area contributed by atoms with Crippen molar-refractivity contribution in [3.05, 3.63) is 48.2 Å². The number of terminal acetylenes is 1. The maximum absolute atomic E-state index is 12.1. The van der Waals surface area contributed by atoms with Gasteiger partial charge in [-0.2, -0.15) is 0 Å². The fourth-order valence-electron chi connectivity index (χ4n) is 2.58. The molecule has 0 atom stereocenters. The van der Waals surface area contributed by atoms with Gasteiger partial charge in [-0.15, -0.1) is 6.42 Å². The van der Waals surface area contributed by atoms with Gasteiger partial charge in [0.1, 0.15) is 5.60 Å². The van der Waals surface area contributed by atoms with Crippen LogP contribution in [-0.4, -0.2) is 16.3 Å². The van der Waals surface area contributed by atoms with Crippen LogP contribution >= 0.6 is 0 Å². The van der Waals surface area contributed by atoms with Crippen molar-refractivity contribution in [2.75, 3.05) is 5.32 Å². The molecule has 1 N–H and O–H groups in total. The summed E-state index contributed by atoms with van der Waals surface area (Å²) in [6.07, 6.45) is 4.95. The first-order chi connectivity index (χ1) is 11.5. The van der Waals surface area contributed by atoms with E-state index in [-0.39, 0.29) is 0 Å². The summed E-state index contributed by atoms with van der Waals surface area (Å²) in [6.45, 7) is 15.3. The Balaban J connectivity index is 2.43. The van der Waals surface area contributed by atoms with Gasteiger partial charge >= 0.3 is 6.09 Å². The molecule has 4 heteroatoms. The van der Waals surface area contributed by atoms with Gasteiger partial charge in [-0.05, 0) is 51.5 Å². The van der Waals surface area contributed by atoms with Gasteiger partial charge in [0, 0.05) is 35.0 Å². The molecule has 130 valence electrons. The zero-order chi connectivity index (χ0) is 18.9. The highest BCUT2D eigenvalue weighted by molar-refractivity contribution is 5.95. The number of benzene rings is 1. The summed E-state index contributed by atoms with van der Waals surface area (Å²) in [7, 11) is 1.93.